The Balaban J connectivity index is 2.36. The van der Waals surface area contributed by atoms with E-state index in [0.29, 0.717) is 0 Å². The summed E-state index contributed by atoms with van der Waals surface area (Å²) in [7, 11) is 0. The lowest BCUT2D eigenvalue weighted by atomic mass is 10.2. The van der Waals surface area contributed by atoms with Gasteiger partial charge >= 0.3 is 0 Å². The van der Waals surface area contributed by atoms with Gasteiger partial charge in [-0.3, -0.25) is 10.2 Å². The van der Waals surface area contributed by atoms with Crippen molar-refractivity contribution in [1.82, 2.24) is 15.5 Å². The summed E-state index contributed by atoms with van der Waals surface area (Å²) in [6.07, 6.45) is 0.400. The first-order chi connectivity index (χ1) is 7.27. The average molecular weight is 207 g/mol. The molecule has 0 aromatic rings. The van der Waals surface area contributed by atoms with Gasteiger partial charge in [0.15, 0.2) is 0 Å². The Labute approximate surface area is 90.7 Å². The molecule has 1 fully saturated rings. The van der Waals surface area contributed by atoms with Crippen molar-refractivity contribution in [3.63, 3.8) is 0 Å². The van der Waals surface area contributed by atoms with Gasteiger partial charge in [0.1, 0.15) is 6.04 Å². The third kappa shape index (κ3) is 3.85. The molecule has 0 spiro atoms. The number of piperazine rings is 1. The third-order valence-electron chi connectivity index (χ3n) is 2.59. The van der Waals surface area contributed by atoms with Gasteiger partial charge in [0.05, 0.1) is 24.7 Å². The molecular weight excluding hydrogens is 190 g/mol. The number of rotatable bonds is 4. The zero-order chi connectivity index (χ0) is 11.1. The van der Waals surface area contributed by atoms with Gasteiger partial charge < -0.3 is 5.32 Å². The predicted octanol–water partition coefficient (Wildman–Crippen LogP) is -0.367. The standard InChI is InChI=1S/C10H17N5/c1-9(14-10(8-12)2-3-11)15-6-4-13-5-7-15/h9-10,13-14H,2,4-7H2,1H3. The summed E-state index contributed by atoms with van der Waals surface area (Å²) in [5, 5.41) is 23.8. The first-order valence-corrected chi connectivity index (χ1v) is 5.25. The second-order valence-corrected chi connectivity index (χ2v) is 3.67. The van der Waals surface area contributed by atoms with E-state index in [1.165, 1.54) is 0 Å². The molecule has 15 heavy (non-hydrogen) atoms. The maximum absolute atomic E-state index is 8.81. The van der Waals surface area contributed by atoms with Crippen molar-refractivity contribution in [2.45, 2.75) is 25.6 Å². The second kappa shape index (κ2) is 6.36. The van der Waals surface area contributed by atoms with Crippen LogP contribution in [0.5, 0.6) is 0 Å². The van der Waals surface area contributed by atoms with Gasteiger partial charge in [-0.15, -0.1) is 0 Å². The highest BCUT2D eigenvalue weighted by Gasteiger charge is 2.18. The SMILES string of the molecule is CC(NC(C#N)CC#N)N1CCNCC1. The van der Waals surface area contributed by atoms with Crippen molar-refractivity contribution in [2.24, 2.45) is 0 Å². The number of nitriles is 2. The first kappa shape index (κ1) is 11.9. The van der Waals surface area contributed by atoms with Crippen molar-refractivity contribution in [1.29, 1.82) is 10.5 Å². The molecule has 0 bridgehead atoms. The van der Waals surface area contributed by atoms with Gasteiger partial charge in [-0.05, 0) is 6.92 Å². The van der Waals surface area contributed by atoms with Crippen LogP contribution in [0.2, 0.25) is 0 Å². The van der Waals surface area contributed by atoms with E-state index < -0.39 is 0 Å². The number of nitrogens with zero attached hydrogens (tertiary/aromatic N) is 3. The summed E-state index contributed by atoms with van der Waals surface area (Å²) in [6.45, 7) is 5.98. The van der Waals surface area contributed by atoms with E-state index >= 15 is 0 Å². The highest BCUT2D eigenvalue weighted by molar-refractivity contribution is 4.97. The van der Waals surface area contributed by atoms with Gasteiger partial charge in [-0.2, -0.15) is 10.5 Å². The molecule has 1 rings (SSSR count). The van der Waals surface area contributed by atoms with Gasteiger partial charge in [0, 0.05) is 26.2 Å². The predicted molar refractivity (Wildman–Crippen MR) is 56.7 cm³/mol. The van der Waals surface area contributed by atoms with Crippen LogP contribution in [0.15, 0.2) is 0 Å². The molecule has 1 saturated heterocycles. The van der Waals surface area contributed by atoms with Gasteiger partial charge in [-0.1, -0.05) is 0 Å². The van der Waals surface area contributed by atoms with Crippen LogP contribution in [0.25, 0.3) is 0 Å². The highest BCUT2D eigenvalue weighted by Crippen LogP contribution is 2.00. The number of nitrogens with one attached hydrogen (secondary N) is 2. The summed E-state index contributed by atoms with van der Waals surface area (Å²) in [4.78, 5) is 2.28. The van der Waals surface area contributed by atoms with E-state index in [4.69, 9.17) is 10.5 Å². The number of hydrogen-bond donors (Lipinski definition) is 2. The summed E-state index contributed by atoms with van der Waals surface area (Å²) in [5.41, 5.74) is 0. The molecule has 2 unspecified atom stereocenters. The molecule has 5 nitrogen and oxygen atoms in total. The Morgan fingerprint density at radius 2 is 2.07 bits per heavy atom. The van der Waals surface area contributed by atoms with E-state index in [2.05, 4.69) is 21.6 Å². The fourth-order valence-electron chi connectivity index (χ4n) is 1.70. The highest BCUT2D eigenvalue weighted by atomic mass is 15.3. The first-order valence-electron chi connectivity index (χ1n) is 5.25. The summed E-state index contributed by atoms with van der Waals surface area (Å²) in [6, 6.07) is 3.75. The van der Waals surface area contributed by atoms with Crippen LogP contribution in [0.3, 0.4) is 0 Å². The maximum Gasteiger partial charge on any atom is 0.110 e. The van der Waals surface area contributed by atoms with E-state index in [1.54, 1.807) is 0 Å². The van der Waals surface area contributed by atoms with E-state index in [0.717, 1.165) is 26.2 Å². The van der Waals surface area contributed by atoms with Crippen LogP contribution in [0, 0.1) is 22.7 Å². The molecule has 0 saturated carbocycles. The lowest BCUT2D eigenvalue weighted by Crippen LogP contribution is -2.54. The summed E-state index contributed by atoms with van der Waals surface area (Å²) < 4.78 is 0. The van der Waals surface area contributed by atoms with Crippen molar-refractivity contribution in [2.75, 3.05) is 26.2 Å². The maximum atomic E-state index is 8.81. The minimum atomic E-state index is -0.361. The van der Waals surface area contributed by atoms with E-state index in [1.807, 2.05) is 13.0 Å². The topological polar surface area (TPSA) is 74.9 Å². The van der Waals surface area contributed by atoms with Crippen molar-refractivity contribution >= 4 is 0 Å². The Bertz CT molecular complexity index is 258. The monoisotopic (exact) mass is 207 g/mol. The van der Waals surface area contributed by atoms with Crippen LogP contribution < -0.4 is 10.6 Å². The van der Waals surface area contributed by atoms with E-state index in [-0.39, 0.29) is 18.6 Å². The summed E-state index contributed by atoms with van der Waals surface area (Å²) >= 11 is 0. The Morgan fingerprint density at radius 1 is 1.40 bits per heavy atom. The van der Waals surface area contributed by atoms with Crippen LogP contribution in [-0.2, 0) is 0 Å². The normalized spacial score (nSPS) is 21.3. The zero-order valence-electron chi connectivity index (χ0n) is 9.03. The lowest BCUT2D eigenvalue weighted by Gasteiger charge is -2.34. The second-order valence-electron chi connectivity index (χ2n) is 3.67. The molecular formula is C10H17N5. The fourth-order valence-corrected chi connectivity index (χ4v) is 1.70. The fraction of sp³-hybridized carbons (Fsp3) is 0.800. The largest absolute Gasteiger partial charge is 0.314 e. The Kier molecular flexibility index (Phi) is 5.06. The van der Waals surface area contributed by atoms with Crippen LogP contribution >= 0.6 is 0 Å². The molecule has 1 aliphatic heterocycles. The van der Waals surface area contributed by atoms with E-state index in [9.17, 15) is 0 Å². The van der Waals surface area contributed by atoms with Gasteiger partial charge in [0.25, 0.3) is 0 Å². The average Bonchev–Trinajstić information content (AvgIpc) is 2.29. The molecule has 0 amide bonds. The number of hydrogen-bond acceptors (Lipinski definition) is 5. The summed E-state index contributed by atoms with van der Waals surface area (Å²) in [5.74, 6) is 0. The zero-order valence-corrected chi connectivity index (χ0v) is 9.03. The van der Waals surface area contributed by atoms with Crippen molar-refractivity contribution < 1.29 is 0 Å². The molecule has 5 heteroatoms. The minimum Gasteiger partial charge on any atom is -0.314 e. The molecule has 82 valence electrons. The van der Waals surface area contributed by atoms with Crippen LogP contribution in [0.4, 0.5) is 0 Å². The van der Waals surface area contributed by atoms with Crippen molar-refractivity contribution in [3.05, 3.63) is 0 Å². The van der Waals surface area contributed by atoms with Crippen molar-refractivity contribution in [3.8, 4) is 12.1 Å². The lowest BCUT2D eigenvalue weighted by molar-refractivity contribution is 0.153. The molecule has 0 radical (unpaired) electrons. The Morgan fingerprint density at radius 3 is 2.60 bits per heavy atom. The molecule has 0 aromatic carbocycles. The smallest absolute Gasteiger partial charge is 0.110 e. The molecule has 1 aliphatic rings. The minimum absolute atomic E-state index is 0.157. The quantitative estimate of drug-likeness (QED) is 0.658. The van der Waals surface area contributed by atoms with Crippen LogP contribution in [-0.4, -0.2) is 43.3 Å². The molecule has 1 heterocycles. The van der Waals surface area contributed by atoms with Gasteiger partial charge in [0.2, 0.25) is 0 Å². The van der Waals surface area contributed by atoms with Crippen LogP contribution in [0.1, 0.15) is 13.3 Å². The third-order valence-corrected chi connectivity index (χ3v) is 2.59. The molecule has 2 atom stereocenters. The molecule has 2 N–H and O–H groups in total. The molecule has 0 aromatic heterocycles. The van der Waals surface area contributed by atoms with Gasteiger partial charge in [-0.25, -0.2) is 0 Å². The Hall–Kier alpha value is -1.14. The molecule has 0 aliphatic carbocycles.